The number of nitrogens with one attached hydrogen (secondary N) is 2. The highest BCUT2D eigenvalue weighted by atomic mass is 16.6. The molecule has 0 aromatic carbocycles. The second-order valence-corrected chi connectivity index (χ2v) is 2.28. The van der Waals surface area contributed by atoms with Crippen LogP contribution in [0.5, 0.6) is 0 Å². The smallest absolute Gasteiger partial charge is 0.312 e. The third kappa shape index (κ3) is 1.10. The molecule has 5 heteroatoms. The Balaban J connectivity index is 2.51. The van der Waals surface area contributed by atoms with Gasteiger partial charge < -0.3 is 4.98 Å². The number of anilines is 1. The summed E-state index contributed by atoms with van der Waals surface area (Å²) in [7, 11) is 0. The van der Waals surface area contributed by atoms with Gasteiger partial charge in [-0.15, -0.1) is 0 Å². The van der Waals surface area contributed by atoms with E-state index < -0.39 is 0 Å². The molecule has 0 radical (unpaired) electrons. The molecule has 0 saturated heterocycles. The van der Waals surface area contributed by atoms with Crippen molar-refractivity contribution in [3.8, 4) is 0 Å². The van der Waals surface area contributed by atoms with E-state index in [-0.39, 0.29) is 5.69 Å². The number of hydrogen-bond donors (Lipinski definition) is 2. The van der Waals surface area contributed by atoms with Gasteiger partial charge in [0.25, 0.3) is 0 Å². The molecule has 0 spiro atoms. The third-order valence-corrected chi connectivity index (χ3v) is 1.53. The number of rotatable bonds is 0. The van der Waals surface area contributed by atoms with Crippen molar-refractivity contribution in [1.82, 2.24) is 9.97 Å². The van der Waals surface area contributed by atoms with E-state index in [4.69, 9.17) is 4.84 Å². The summed E-state index contributed by atoms with van der Waals surface area (Å²) in [6.45, 7) is 0.612. The molecule has 1 aliphatic heterocycles. The highest BCUT2D eigenvalue weighted by Crippen LogP contribution is 2.13. The molecular weight excluding hydrogens is 146 g/mol. The van der Waals surface area contributed by atoms with Crippen LogP contribution >= 0.6 is 0 Å². The molecule has 1 aromatic rings. The van der Waals surface area contributed by atoms with E-state index in [0.29, 0.717) is 12.4 Å². The summed E-state index contributed by atoms with van der Waals surface area (Å²) in [5.74, 6) is 0.528. The molecule has 0 amide bonds. The maximum atomic E-state index is 10.7. The van der Waals surface area contributed by atoms with Gasteiger partial charge in [-0.25, -0.2) is 10.3 Å². The maximum absolute atomic E-state index is 10.7. The van der Waals surface area contributed by atoms with Crippen LogP contribution in [0.15, 0.2) is 11.0 Å². The summed E-state index contributed by atoms with van der Waals surface area (Å²) in [4.78, 5) is 21.7. The molecule has 2 rings (SSSR count). The summed E-state index contributed by atoms with van der Waals surface area (Å²) in [6.07, 6.45) is 2.44. The Morgan fingerprint density at radius 3 is 3.45 bits per heavy atom. The Morgan fingerprint density at radius 1 is 1.64 bits per heavy atom. The first-order valence-corrected chi connectivity index (χ1v) is 3.33. The largest absolute Gasteiger partial charge is 0.346 e. The van der Waals surface area contributed by atoms with E-state index in [1.54, 1.807) is 6.20 Å². The molecule has 2 N–H and O–H groups in total. The van der Waals surface area contributed by atoms with Crippen LogP contribution in [-0.4, -0.2) is 16.6 Å². The van der Waals surface area contributed by atoms with Crippen LogP contribution in [0, 0.1) is 0 Å². The Kier molecular flexibility index (Phi) is 1.36. The minimum atomic E-state index is -0.359. The quantitative estimate of drug-likeness (QED) is 0.535. The lowest BCUT2D eigenvalue weighted by Crippen LogP contribution is -2.21. The van der Waals surface area contributed by atoms with Gasteiger partial charge >= 0.3 is 5.69 Å². The molecule has 1 aromatic heterocycles. The molecule has 58 valence electrons. The van der Waals surface area contributed by atoms with Gasteiger partial charge in [0.05, 0.1) is 6.61 Å². The van der Waals surface area contributed by atoms with E-state index >= 15 is 0 Å². The van der Waals surface area contributed by atoms with Crippen LogP contribution in [0.2, 0.25) is 0 Å². The first kappa shape index (κ1) is 6.36. The Morgan fingerprint density at radius 2 is 2.55 bits per heavy atom. The zero-order valence-electron chi connectivity index (χ0n) is 5.76. The summed E-state index contributed by atoms with van der Waals surface area (Å²) in [5.41, 5.74) is 3.20. The monoisotopic (exact) mass is 153 g/mol. The molecule has 11 heavy (non-hydrogen) atoms. The van der Waals surface area contributed by atoms with Gasteiger partial charge in [0.1, 0.15) is 0 Å². The summed E-state index contributed by atoms with van der Waals surface area (Å²) in [5, 5.41) is 0. The lowest BCUT2D eigenvalue weighted by atomic mass is 10.2. The molecular formula is C6H7N3O2. The van der Waals surface area contributed by atoms with E-state index in [1.807, 2.05) is 0 Å². The van der Waals surface area contributed by atoms with Crippen LogP contribution in [0.4, 0.5) is 5.82 Å². The van der Waals surface area contributed by atoms with Gasteiger partial charge in [-0.3, -0.25) is 4.84 Å². The van der Waals surface area contributed by atoms with Gasteiger partial charge in [0, 0.05) is 18.2 Å². The van der Waals surface area contributed by atoms with Crippen LogP contribution in [0.25, 0.3) is 0 Å². The van der Waals surface area contributed by atoms with Gasteiger partial charge in [-0.2, -0.15) is 4.98 Å². The molecule has 0 atom stereocenters. The Bertz CT molecular complexity index is 320. The van der Waals surface area contributed by atoms with Crippen molar-refractivity contribution in [2.45, 2.75) is 6.42 Å². The van der Waals surface area contributed by atoms with Crippen molar-refractivity contribution in [2.75, 3.05) is 12.1 Å². The average molecular weight is 153 g/mol. The van der Waals surface area contributed by atoms with E-state index in [2.05, 4.69) is 15.4 Å². The number of aromatic amines is 1. The lowest BCUT2D eigenvalue weighted by molar-refractivity contribution is 0.184. The second kappa shape index (κ2) is 2.35. The fraction of sp³-hybridized carbons (Fsp3) is 0.333. The van der Waals surface area contributed by atoms with Crippen molar-refractivity contribution >= 4 is 5.82 Å². The van der Waals surface area contributed by atoms with E-state index in [0.717, 1.165) is 12.0 Å². The highest BCUT2D eigenvalue weighted by Gasteiger charge is 2.09. The average Bonchev–Trinajstić information content (AvgIpc) is 2.04. The maximum Gasteiger partial charge on any atom is 0.346 e. The summed E-state index contributed by atoms with van der Waals surface area (Å²) >= 11 is 0. The van der Waals surface area contributed by atoms with Gasteiger partial charge in [-0.1, -0.05) is 0 Å². The third-order valence-electron chi connectivity index (χ3n) is 1.53. The zero-order chi connectivity index (χ0) is 7.68. The van der Waals surface area contributed by atoms with E-state index in [1.165, 1.54) is 0 Å². The first-order chi connectivity index (χ1) is 5.36. The predicted octanol–water partition coefficient (Wildman–Crippen LogP) is -0.331. The Labute approximate surface area is 62.4 Å². The lowest BCUT2D eigenvalue weighted by Gasteiger charge is -2.14. The molecule has 0 aliphatic carbocycles. The predicted molar refractivity (Wildman–Crippen MR) is 38.1 cm³/mol. The van der Waals surface area contributed by atoms with Crippen molar-refractivity contribution in [1.29, 1.82) is 0 Å². The Hall–Kier alpha value is -1.36. The van der Waals surface area contributed by atoms with Crippen molar-refractivity contribution < 1.29 is 4.84 Å². The molecule has 0 saturated carbocycles. The normalized spacial score (nSPS) is 15.3. The minimum absolute atomic E-state index is 0.359. The van der Waals surface area contributed by atoms with Crippen LogP contribution in [-0.2, 0) is 11.3 Å². The van der Waals surface area contributed by atoms with Crippen LogP contribution < -0.4 is 11.2 Å². The fourth-order valence-corrected chi connectivity index (χ4v) is 0.982. The number of hydrogen-bond acceptors (Lipinski definition) is 4. The minimum Gasteiger partial charge on any atom is -0.312 e. The van der Waals surface area contributed by atoms with Crippen molar-refractivity contribution in [3.63, 3.8) is 0 Å². The van der Waals surface area contributed by atoms with Crippen LogP contribution in [0.1, 0.15) is 5.56 Å². The standard InChI is InChI=1S/C6H7N3O2/c10-6-7-3-4-1-2-11-9-5(4)8-6/h3H,1-2H2,(H2,7,8,9,10). The number of fused-ring (bicyclic) bond motifs is 1. The van der Waals surface area contributed by atoms with Crippen molar-refractivity contribution in [2.24, 2.45) is 0 Å². The summed E-state index contributed by atoms with van der Waals surface area (Å²) < 4.78 is 0. The van der Waals surface area contributed by atoms with Gasteiger partial charge in [0.2, 0.25) is 0 Å². The SMILES string of the molecule is O=c1nc2c(c[nH]1)CCON2. The molecule has 5 nitrogen and oxygen atoms in total. The molecule has 0 bridgehead atoms. The van der Waals surface area contributed by atoms with Crippen molar-refractivity contribution in [3.05, 3.63) is 22.2 Å². The molecule has 2 heterocycles. The fourth-order valence-electron chi connectivity index (χ4n) is 0.982. The van der Waals surface area contributed by atoms with Crippen LogP contribution in [0.3, 0.4) is 0 Å². The first-order valence-electron chi connectivity index (χ1n) is 3.33. The summed E-state index contributed by atoms with van der Waals surface area (Å²) in [6, 6.07) is 0. The molecule has 0 fully saturated rings. The van der Waals surface area contributed by atoms with Gasteiger partial charge in [0.15, 0.2) is 5.82 Å². The molecule has 0 unspecified atom stereocenters. The zero-order valence-corrected chi connectivity index (χ0v) is 5.76. The molecule has 1 aliphatic rings. The van der Waals surface area contributed by atoms with Gasteiger partial charge in [-0.05, 0) is 0 Å². The number of H-pyrrole nitrogens is 1. The van der Waals surface area contributed by atoms with E-state index in [9.17, 15) is 4.79 Å². The number of aromatic nitrogens is 2. The topological polar surface area (TPSA) is 67.0 Å². The second-order valence-electron chi connectivity index (χ2n) is 2.28. The highest BCUT2D eigenvalue weighted by molar-refractivity contribution is 5.41. The number of nitrogens with zero attached hydrogens (tertiary/aromatic N) is 1.